The number of hydrogen-bond acceptors (Lipinski definition) is 4. The fraction of sp³-hybridized carbons (Fsp3) is 0.400. The minimum absolute atomic E-state index is 0.385. The molecule has 0 saturated carbocycles. The van der Waals surface area contributed by atoms with Crippen LogP contribution in [0.15, 0.2) is 17.8 Å². The number of nitrogens with zero attached hydrogens (tertiary/aromatic N) is 3. The Hall–Kier alpha value is -1.36. The number of thiazole rings is 1. The van der Waals surface area contributed by atoms with Gasteiger partial charge in [0.15, 0.2) is 10.9 Å². The van der Waals surface area contributed by atoms with Crippen molar-refractivity contribution >= 4 is 22.3 Å². The second-order valence-electron chi connectivity index (χ2n) is 3.70. The first-order valence-corrected chi connectivity index (χ1v) is 5.77. The molecule has 0 aliphatic rings. The lowest BCUT2D eigenvalue weighted by molar-refractivity contribution is 0.534. The van der Waals surface area contributed by atoms with E-state index in [0.717, 1.165) is 16.5 Å². The van der Waals surface area contributed by atoms with Crippen molar-refractivity contribution in [1.29, 1.82) is 0 Å². The third kappa shape index (κ3) is 2.18. The molecule has 0 spiro atoms. The van der Waals surface area contributed by atoms with Gasteiger partial charge in [-0.2, -0.15) is 5.10 Å². The van der Waals surface area contributed by atoms with E-state index in [1.54, 1.807) is 17.5 Å². The zero-order chi connectivity index (χ0) is 10.8. The Bertz CT molecular complexity index is 430. The molecule has 0 aromatic carbocycles. The van der Waals surface area contributed by atoms with Gasteiger partial charge in [0, 0.05) is 29.4 Å². The summed E-state index contributed by atoms with van der Waals surface area (Å²) in [5, 5.41) is 10.5. The van der Waals surface area contributed by atoms with Crippen molar-refractivity contribution in [2.45, 2.75) is 26.8 Å². The third-order valence-corrected chi connectivity index (χ3v) is 2.79. The Morgan fingerprint density at radius 1 is 1.47 bits per heavy atom. The molecule has 0 fully saturated rings. The number of aromatic nitrogens is 3. The molecule has 2 aromatic heterocycles. The third-order valence-electron chi connectivity index (χ3n) is 2.10. The second kappa shape index (κ2) is 4.02. The maximum Gasteiger partial charge on any atom is 0.188 e. The summed E-state index contributed by atoms with van der Waals surface area (Å²) in [6, 6.07) is 0.385. The summed E-state index contributed by atoms with van der Waals surface area (Å²) in [5.74, 6) is 0.888. The normalized spacial score (nSPS) is 10.9. The summed E-state index contributed by atoms with van der Waals surface area (Å²) in [7, 11) is 0. The van der Waals surface area contributed by atoms with Crippen LogP contribution in [-0.4, -0.2) is 14.8 Å². The Morgan fingerprint density at radius 2 is 2.27 bits per heavy atom. The largest absolute Gasteiger partial charge is 0.315 e. The van der Waals surface area contributed by atoms with Crippen LogP contribution >= 0.6 is 11.3 Å². The van der Waals surface area contributed by atoms with Crippen LogP contribution in [-0.2, 0) is 0 Å². The molecule has 1 N–H and O–H groups in total. The number of nitrogens with one attached hydrogen (secondary N) is 1. The quantitative estimate of drug-likeness (QED) is 0.868. The second-order valence-corrected chi connectivity index (χ2v) is 4.59. The summed E-state index contributed by atoms with van der Waals surface area (Å²) >= 11 is 1.57. The van der Waals surface area contributed by atoms with Crippen LogP contribution in [0.3, 0.4) is 0 Å². The Morgan fingerprint density at radius 3 is 2.80 bits per heavy atom. The van der Waals surface area contributed by atoms with E-state index in [1.807, 2.05) is 23.2 Å². The molecule has 80 valence electrons. The average Bonchev–Trinajstić information content (AvgIpc) is 2.77. The topological polar surface area (TPSA) is 42.7 Å². The molecule has 0 unspecified atom stereocenters. The van der Waals surface area contributed by atoms with Crippen molar-refractivity contribution < 1.29 is 0 Å². The molecule has 0 atom stereocenters. The monoisotopic (exact) mass is 222 g/mol. The molecule has 15 heavy (non-hydrogen) atoms. The minimum atomic E-state index is 0.385. The molecule has 0 saturated heterocycles. The molecular formula is C10H14N4S. The van der Waals surface area contributed by atoms with E-state index in [2.05, 4.69) is 29.2 Å². The average molecular weight is 222 g/mol. The van der Waals surface area contributed by atoms with Gasteiger partial charge in [0.25, 0.3) is 0 Å². The lowest BCUT2D eigenvalue weighted by atomic mass is 10.3. The van der Waals surface area contributed by atoms with Gasteiger partial charge in [0.05, 0.1) is 0 Å². The highest BCUT2D eigenvalue weighted by atomic mass is 32.1. The van der Waals surface area contributed by atoms with E-state index in [4.69, 9.17) is 0 Å². The van der Waals surface area contributed by atoms with Gasteiger partial charge in [-0.25, -0.2) is 4.98 Å². The molecule has 2 heterocycles. The smallest absolute Gasteiger partial charge is 0.188 e. The first kappa shape index (κ1) is 10.2. The predicted octanol–water partition coefficient (Wildman–Crippen LogP) is 2.97. The van der Waals surface area contributed by atoms with E-state index in [-0.39, 0.29) is 0 Å². The molecule has 5 heteroatoms. The lowest BCUT2D eigenvalue weighted by Crippen LogP contribution is -2.01. The number of hydrogen-bond donors (Lipinski definition) is 1. The first-order chi connectivity index (χ1) is 7.16. The molecule has 0 radical (unpaired) electrons. The molecule has 4 nitrogen and oxygen atoms in total. The molecular weight excluding hydrogens is 208 g/mol. The van der Waals surface area contributed by atoms with Crippen LogP contribution in [0.5, 0.6) is 0 Å². The van der Waals surface area contributed by atoms with E-state index < -0.39 is 0 Å². The van der Waals surface area contributed by atoms with Crippen molar-refractivity contribution in [2.75, 3.05) is 5.32 Å². The van der Waals surface area contributed by atoms with Gasteiger partial charge < -0.3 is 5.32 Å². The lowest BCUT2D eigenvalue weighted by Gasteiger charge is -2.03. The molecule has 0 aliphatic heterocycles. The van der Waals surface area contributed by atoms with Crippen molar-refractivity contribution in [3.8, 4) is 0 Å². The van der Waals surface area contributed by atoms with Crippen LogP contribution in [0.2, 0.25) is 0 Å². The van der Waals surface area contributed by atoms with E-state index in [0.29, 0.717) is 6.04 Å². The maximum atomic E-state index is 4.46. The standard InChI is InChI=1S/C10H14N4S/c1-7(2)14-6-8(3)9(13-14)12-10-11-4-5-15-10/h4-7H,1-3H3,(H,11,12,13). The molecule has 0 amide bonds. The van der Waals surface area contributed by atoms with E-state index >= 15 is 0 Å². The van der Waals surface area contributed by atoms with Crippen LogP contribution in [0.4, 0.5) is 10.9 Å². The van der Waals surface area contributed by atoms with Crippen LogP contribution in [0.25, 0.3) is 0 Å². The van der Waals surface area contributed by atoms with Crippen LogP contribution < -0.4 is 5.32 Å². The van der Waals surface area contributed by atoms with E-state index in [9.17, 15) is 0 Å². The molecule has 0 bridgehead atoms. The highest BCUT2D eigenvalue weighted by Crippen LogP contribution is 2.21. The van der Waals surface area contributed by atoms with Gasteiger partial charge in [-0.15, -0.1) is 11.3 Å². The minimum Gasteiger partial charge on any atom is -0.315 e. The molecule has 2 rings (SSSR count). The first-order valence-electron chi connectivity index (χ1n) is 4.89. The summed E-state index contributed by atoms with van der Waals surface area (Å²) in [5.41, 5.74) is 1.14. The van der Waals surface area contributed by atoms with Crippen molar-refractivity contribution in [2.24, 2.45) is 0 Å². The highest BCUT2D eigenvalue weighted by molar-refractivity contribution is 7.13. The van der Waals surface area contributed by atoms with Gasteiger partial charge in [0.1, 0.15) is 0 Å². The zero-order valence-corrected chi connectivity index (χ0v) is 9.88. The van der Waals surface area contributed by atoms with Gasteiger partial charge in [-0.05, 0) is 20.8 Å². The SMILES string of the molecule is Cc1cn(C(C)C)nc1Nc1nccs1. The molecule has 0 aliphatic carbocycles. The Balaban J connectivity index is 2.21. The number of anilines is 2. The zero-order valence-electron chi connectivity index (χ0n) is 9.06. The number of rotatable bonds is 3. The van der Waals surface area contributed by atoms with Crippen molar-refractivity contribution in [3.63, 3.8) is 0 Å². The summed E-state index contributed by atoms with van der Waals surface area (Å²) in [6.45, 7) is 6.26. The van der Waals surface area contributed by atoms with Gasteiger partial charge >= 0.3 is 0 Å². The summed E-state index contributed by atoms with van der Waals surface area (Å²) < 4.78 is 1.95. The Labute approximate surface area is 93.0 Å². The summed E-state index contributed by atoms with van der Waals surface area (Å²) in [6.07, 6.45) is 3.82. The van der Waals surface area contributed by atoms with Gasteiger partial charge in [-0.3, -0.25) is 4.68 Å². The van der Waals surface area contributed by atoms with Gasteiger partial charge in [-0.1, -0.05) is 0 Å². The molecule has 2 aromatic rings. The van der Waals surface area contributed by atoms with Crippen molar-refractivity contribution in [1.82, 2.24) is 14.8 Å². The van der Waals surface area contributed by atoms with Crippen LogP contribution in [0, 0.1) is 6.92 Å². The fourth-order valence-corrected chi connectivity index (χ4v) is 1.79. The van der Waals surface area contributed by atoms with Crippen molar-refractivity contribution in [3.05, 3.63) is 23.3 Å². The van der Waals surface area contributed by atoms with Crippen LogP contribution in [0.1, 0.15) is 25.5 Å². The summed E-state index contributed by atoms with van der Waals surface area (Å²) in [4.78, 5) is 4.16. The number of aryl methyl sites for hydroxylation is 1. The van der Waals surface area contributed by atoms with E-state index in [1.165, 1.54) is 0 Å². The Kier molecular flexibility index (Phi) is 2.73. The predicted molar refractivity (Wildman–Crippen MR) is 62.7 cm³/mol. The fourth-order valence-electron chi connectivity index (χ4n) is 1.26. The van der Waals surface area contributed by atoms with Gasteiger partial charge in [0.2, 0.25) is 0 Å². The highest BCUT2D eigenvalue weighted by Gasteiger charge is 2.07. The maximum absolute atomic E-state index is 4.46.